The fraction of sp³-hybridized carbons (Fsp3) is 0.667. The van der Waals surface area contributed by atoms with Crippen LogP contribution in [-0.4, -0.2) is 22.3 Å². The Morgan fingerprint density at radius 3 is 1.67 bits per heavy atom. The predicted octanol–water partition coefficient (Wildman–Crippen LogP) is 0.751. The molecule has 1 N–H and O–H groups in total. The van der Waals surface area contributed by atoms with Gasteiger partial charge in [0.2, 0.25) is 4.33 Å². The number of nitrogens with one attached hydrogen (secondary N) is 1. The summed E-state index contributed by atoms with van der Waals surface area (Å²) in [5, 5.41) is 0. The molecule has 9 heteroatoms. The maximum atomic E-state index is 10.9. The average molecular weight is 273 g/mol. The van der Waals surface area contributed by atoms with Crippen molar-refractivity contribution in [2.24, 2.45) is 0 Å². The van der Waals surface area contributed by atoms with Crippen LogP contribution in [0.5, 0.6) is 0 Å². The van der Waals surface area contributed by atoms with E-state index in [1.807, 2.05) is 0 Å². The van der Waals surface area contributed by atoms with E-state index < -0.39 is 23.9 Å². The van der Waals surface area contributed by atoms with Gasteiger partial charge in [0.25, 0.3) is 19.6 Å². The van der Waals surface area contributed by atoms with Crippen molar-refractivity contribution in [2.75, 3.05) is 0 Å². The largest absolute Gasteiger partial charge is 0.278 e. The third-order valence-corrected chi connectivity index (χ3v) is 5.96. The van der Waals surface area contributed by atoms with E-state index in [-0.39, 0.29) is 0 Å². The van der Waals surface area contributed by atoms with Crippen LogP contribution < -0.4 is 4.72 Å². The molecule has 0 unspecified atom stereocenters. The Bertz CT molecular complexity index is 333. The number of rotatable bonds is 0. The number of alkyl halides is 4. The standard InChI is InChI=1S/C3HCl4NO3S/c4-2(5)1(9)8-12(10,11)3(2,6)7/h(H,8,9). The molecule has 1 saturated heterocycles. The van der Waals surface area contributed by atoms with Gasteiger partial charge in [-0.15, -0.1) is 0 Å². The van der Waals surface area contributed by atoms with Crippen molar-refractivity contribution >= 4 is 62.3 Å². The molecule has 0 aromatic carbocycles. The normalized spacial score (nSPS) is 29.8. The van der Waals surface area contributed by atoms with E-state index in [2.05, 4.69) is 0 Å². The number of amides is 1. The second kappa shape index (κ2) is 2.54. The molecule has 0 bridgehead atoms. The molecule has 1 amide bonds. The van der Waals surface area contributed by atoms with E-state index in [1.54, 1.807) is 0 Å². The Kier molecular flexibility index (Phi) is 2.26. The molecule has 70 valence electrons. The van der Waals surface area contributed by atoms with E-state index in [1.165, 1.54) is 4.72 Å². The van der Waals surface area contributed by atoms with Gasteiger partial charge in [-0.25, -0.2) is 13.1 Å². The summed E-state index contributed by atoms with van der Waals surface area (Å²) in [6, 6.07) is 0. The summed E-state index contributed by atoms with van der Waals surface area (Å²) in [5.41, 5.74) is 0. The van der Waals surface area contributed by atoms with Gasteiger partial charge < -0.3 is 0 Å². The minimum absolute atomic E-state index is 1.16. The lowest BCUT2D eigenvalue weighted by atomic mass is 10.4. The summed E-state index contributed by atoms with van der Waals surface area (Å²) in [4.78, 5) is 10.8. The summed E-state index contributed by atoms with van der Waals surface area (Å²) >= 11 is 21.2. The van der Waals surface area contributed by atoms with Crippen molar-refractivity contribution in [3.8, 4) is 0 Å². The highest BCUT2D eigenvalue weighted by Crippen LogP contribution is 2.50. The average Bonchev–Trinajstić information content (AvgIpc) is 1.92. The second-order valence-electron chi connectivity index (χ2n) is 2.03. The second-order valence-corrected chi connectivity index (χ2v) is 6.95. The topological polar surface area (TPSA) is 63.2 Å². The molecule has 1 aliphatic heterocycles. The van der Waals surface area contributed by atoms with Crippen molar-refractivity contribution in [3.05, 3.63) is 0 Å². The van der Waals surface area contributed by atoms with Gasteiger partial charge in [-0.05, 0) is 0 Å². The molecule has 1 rings (SSSR count). The van der Waals surface area contributed by atoms with E-state index in [9.17, 15) is 13.2 Å². The van der Waals surface area contributed by atoms with Crippen LogP contribution in [0.15, 0.2) is 0 Å². The number of hydrogen-bond donors (Lipinski definition) is 1. The third-order valence-electron chi connectivity index (χ3n) is 1.22. The smallest absolute Gasteiger partial charge is 0.270 e. The van der Waals surface area contributed by atoms with Gasteiger partial charge >= 0.3 is 0 Å². The molecule has 0 aromatic heterocycles. The molecule has 1 heterocycles. The van der Waals surface area contributed by atoms with Crippen molar-refractivity contribution in [1.29, 1.82) is 0 Å². The number of hydrogen-bond acceptors (Lipinski definition) is 3. The van der Waals surface area contributed by atoms with E-state index in [0.717, 1.165) is 0 Å². The van der Waals surface area contributed by atoms with Crippen molar-refractivity contribution < 1.29 is 13.2 Å². The zero-order valence-electron chi connectivity index (χ0n) is 5.14. The number of sulfonamides is 1. The van der Waals surface area contributed by atoms with Crippen LogP contribution in [0.25, 0.3) is 0 Å². The van der Waals surface area contributed by atoms with Crippen LogP contribution in [-0.2, 0) is 14.8 Å². The first-order valence-corrected chi connectivity index (χ1v) is 5.45. The Balaban J connectivity index is 3.39. The zero-order chi connectivity index (χ0) is 9.78. The Labute approximate surface area is 88.1 Å². The van der Waals surface area contributed by atoms with Crippen LogP contribution in [0.1, 0.15) is 0 Å². The fourth-order valence-corrected chi connectivity index (χ4v) is 2.73. The summed E-state index contributed by atoms with van der Waals surface area (Å²) in [7, 11) is -4.21. The number of carbonyl (C=O) groups is 1. The molecule has 1 aliphatic rings. The molecule has 0 aliphatic carbocycles. The Morgan fingerprint density at radius 2 is 1.58 bits per heavy atom. The van der Waals surface area contributed by atoms with Gasteiger partial charge in [0, 0.05) is 0 Å². The highest BCUT2D eigenvalue weighted by atomic mass is 35.5. The first-order valence-electron chi connectivity index (χ1n) is 2.45. The minimum atomic E-state index is -4.21. The molecule has 0 atom stereocenters. The van der Waals surface area contributed by atoms with Gasteiger partial charge in [-0.1, -0.05) is 46.4 Å². The Hall–Kier alpha value is 0.580. The Morgan fingerprint density at radius 1 is 1.17 bits per heavy atom. The van der Waals surface area contributed by atoms with Gasteiger partial charge in [-0.2, -0.15) is 0 Å². The van der Waals surface area contributed by atoms with Gasteiger partial charge in [0.05, 0.1) is 0 Å². The van der Waals surface area contributed by atoms with Crippen molar-refractivity contribution in [1.82, 2.24) is 4.72 Å². The molecule has 4 nitrogen and oxygen atoms in total. The summed E-state index contributed by atoms with van der Waals surface area (Å²) in [5.74, 6) is -1.16. The fourth-order valence-electron chi connectivity index (χ4n) is 0.551. The summed E-state index contributed by atoms with van der Waals surface area (Å²) in [6.07, 6.45) is 0. The third kappa shape index (κ3) is 1.11. The minimum Gasteiger partial charge on any atom is -0.270 e. The quantitative estimate of drug-likeness (QED) is 0.662. The van der Waals surface area contributed by atoms with Gasteiger partial charge in [-0.3, -0.25) is 4.79 Å². The first kappa shape index (κ1) is 10.7. The van der Waals surface area contributed by atoms with Crippen LogP contribution >= 0.6 is 46.4 Å². The molecule has 0 radical (unpaired) electrons. The monoisotopic (exact) mass is 271 g/mol. The number of carbonyl (C=O) groups excluding carboxylic acids is 1. The van der Waals surface area contributed by atoms with Crippen LogP contribution in [0.2, 0.25) is 0 Å². The lowest BCUT2D eigenvalue weighted by molar-refractivity contribution is -0.119. The number of halogens is 4. The molecule has 0 aromatic rings. The molecule has 0 spiro atoms. The van der Waals surface area contributed by atoms with Crippen molar-refractivity contribution in [3.63, 3.8) is 0 Å². The lowest BCUT2D eigenvalue weighted by Crippen LogP contribution is -2.38. The SMILES string of the molecule is O=C1NS(=O)(=O)C(Cl)(Cl)C1(Cl)Cl. The maximum absolute atomic E-state index is 10.9. The summed E-state index contributed by atoms with van der Waals surface area (Å²) < 4.78 is 18.4. The molecular weight excluding hydrogens is 272 g/mol. The van der Waals surface area contributed by atoms with Gasteiger partial charge in [0.1, 0.15) is 0 Å². The van der Waals surface area contributed by atoms with Gasteiger partial charge in [0.15, 0.2) is 0 Å². The van der Waals surface area contributed by atoms with Crippen molar-refractivity contribution in [2.45, 2.75) is 8.00 Å². The van der Waals surface area contributed by atoms with Crippen LogP contribution in [0.4, 0.5) is 0 Å². The molecular formula is C3HCl4NO3S. The van der Waals surface area contributed by atoms with E-state index in [4.69, 9.17) is 46.4 Å². The zero-order valence-corrected chi connectivity index (χ0v) is 8.99. The summed E-state index contributed by atoms with van der Waals surface area (Å²) in [6.45, 7) is 0. The molecule has 0 saturated carbocycles. The van der Waals surface area contributed by atoms with E-state index in [0.29, 0.717) is 0 Å². The molecule has 12 heavy (non-hydrogen) atoms. The lowest BCUT2D eigenvalue weighted by Gasteiger charge is -2.18. The van der Waals surface area contributed by atoms with Crippen LogP contribution in [0, 0.1) is 0 Å². The van der Waals surface area contributed by atoms with Crippen LogP contribution in [0.3, 0.4) is 0 Å². The van der Waals surface area contributed by atoms with E-state index >= 15 is 0 Å². The molecule has 1 fully saturated rings. The predicted molar refractivity (Wildman–Crippen MR) is 45.9 cm³/mol. The highest BCUT2D eigenvalue weighted by Gasteiger charge is 2.68. The maximum Gasteiger partial charge on any atom is 0.278 e. The highest BCUT2D eigenvalue weighted by molar-refractivity contribution is 7.95. The first-order chi connectivity index (χ1) is 5.13.